The van der Waals surface area contributed by atoms with Crippen LogP contribution >= 0.6 is 0 Å². The average Bonchev–Trinajstić information content (AvgIpc) is 3.46. The molecule has 12 aromatic carbocycles. The van der Waals surface area contributed by atoms with Crippen molar-refractivity contribution in [3.63, 3.8) is 0 Å². The topological polar surface area (TPSA) is 6.48 Å². The van der Waals surface area contributed by atoms with Gasteiger partial charge in [0.15, 0.2) is 0 Å². The molecule has 0 heterocycles. The number of rotatable bonds is 9. The van der Waals surface area contributed by atoms with Gasteiger partial charge in [0.05, 0.1) is 11.4 Å². The molecule has 0 aliphatic carbocycles. The van der Waals surface area contributed by atoms with E-state index in [-0.39, 0.29) is 0 Å². The minimum absolute atomic E-state index is 0.910. The molecule has 75 heavy (non-hydrogen) atoms. The van der Waals surface area contributed by atoms with Crippen LogP contribution in [0.25, 0.3) is 32.7 Å². The van der Waals surface area contributed by atoms with Crippen LogP contribution in [0.3, 0.4) is 0 Å². The molecule has 0 aliphatic rings. The second-order valence-electron chi connectivity index (χ2n) is 18.9. The van der Waals surface area contributed by atoms with Crippen molar-refractivity contribution in [2.24, 2.45) is 0 Å². The molecule has 12 aromatic rings. The molecule has 366 valence electrons. The summed E-state index contributed by atoms with van der Waals surface area (Å²) in [7, 11) is 0. The van der Waals surface area contributed by atoms with Gasteiger partial charge in [0.1, 0.15) is 0 Å². The van der Waals surface area contributed by atoms with Crippen molar-refractivity contribution >= 4 is 55.7 Å². The molecule has 0 aliphatic heterocycles. The molecular weight excluding hydrogens is 905 g/mol. The number of benzene rings is 12. The lowest BCUT2D eigenvalue weighted by molar-refractivity contribution is 1.19. The molecule has 2 nitrogen and oxygen atoms in total. The zero-order valence-corrected chi connectivity index (χ0v) is 43.5. The maximum atomic E-state index is 2.38. The van der Waals surface area contributed by atoms with E-state index in [1.807, 2.05) is 54.6 Å². The molecule has 0 spiro atoms. The minimum atomic E-state index is 0.910. The Labute approximate surface area is 445 Å². The van der Waals surface area contributed by atoms with Gasteiger partial charge in [-0.15, -0.1) is 0 Å². The molecule has 0 fully saturated rings. The first-order valence-electron chi connectivity index (χ1n) is 25.9. The third kappa shape index (κ3) is 13.6. The lowest BCUT2D eigenvalue weighted by Gasteiger charge is -2.27. The van der Waals surface area contributed by atoms with E-state index in [1.165, 1.54) is 66.1 Å². The van der Waals surface area contributed by atoms with Gasteiger partial charge in [-0.25, -0.2) is 0 Å². The number of hydrogen-bond donors (Lipinski definition) is 0. The number of nitrogens with zero attached hydrogens (tertiary/aromatic N) is 2. The summed E-state index contributed by atoms with van der Waals surface area (Å²) in [6.45, 7) is 8.39. The Hall–Kier alpha value is -9.24. The Bertz CT molecular complexity index is 3510. The normalized spacial score (nSPS) is 10.5. The summed E-state index contributed by atoms with van der Waals surface area (Å²) in [4.78, 5) is 4.74. The van der Waals surface area contributed by atoms with Gasteiger partial charge in [-0.3, -0.25) is 0 Å². The van der Waals surface area contributed by atoms with Crippen LogP contribution in [-0.2, 0) is 6.42 Å². The van der Waals surface area contributed by atoms with Gasteiger partial charge in [-0.2, -0.15) is 0 Å². The van der Waals surface area contributed by atoms with E-state index in [2.05, 4.69) is 286 Å². The summed E-state index contributed by atoms with van der Waals surface area (Å²) < 4.78 is 0. The molecule has 2 heteroatoms. The van der Waals surface area contributed by atoms with Crippen LogP contribution < -0.4 is 9.80 Å². The summed E-state index contributed by atoms with van der Waals surface area (Å²) in [5.41, 5.74) is 17.0. The van der Waals surface area contributed by atoms with E-state index in [0.717, 1.165) is 40.5 Å². The zero-order valence-electron chi connectivity index (χ0n) is 43.5. The van der Waals surface area contributed by atoms with Crippen molar-refractivity contribution in [1.29, 1.82) is 0 Å². The lowest BCUT2D eigenvalue weighted by Crippen LogP contribution is -2.10. The zero-order chi connectivity index (χ0) is 51.6. The van der Waals surface area contributed by atoms with E-state index in [1.54, 1.807) is 0 Å². The first-order chi connectivity index (χ1) is 36.9. The van der Waals surface area contributed by atoms with Gasteiger partial charge < -0.3 is 9.80 Å². The first kappa shape index (κ1) is 50.7. The predicted octanol–water partition coefficient (Wildman–Crippen LogP) is 20.5. The van der Waals surface area contributed by atoms with E-state index in [9.17, 15) is 0 Å². The van der Waals surface area contributed by atoms with Gasteiger partial charge >= 0.3 is 0 Å². The van der Waals surface area contributed by atoms with E-state index < -0.39 is 0 Å². The van der Waals surface area contributed by atoms with Gasteiger partial charge in [-0.05, 0) is 128 Å². The number of hydrogen-bond acceptors (Lipinski definition) is 2. The monoisotopic (exact) mass is 969 g/mol. The number of anilines is 6. The van der Waals surface area contributed by atoms with Gasteiger partial charge in [0.2, 0.25) is 0 Å². The van der Waals surface area contributed by atoms with Crippen LogP contribution in [0.4, 0.5) is 34.1 Å². The Balaban J connectivity index is 0.000000271. The van der Waals surface area contributed by atoms with Gasteiger partial charge in [0, 0.05) is 33.5 Å². The third-order valence-electron chi connectivity index (χ3n) is 13.2. The highest BCUT2D eigenvalue weighted by Gasteiger charge is 2.18. The van der Waals surface area contributed by atoms with E-state index >= 15 is 0 Å². The quantitative estimate of drug-likeness (QED) is 0.142. The molecular formula is C73H64N2. The Morgan fingerprint density at radius 1 is 0.227 bits per heavy atom. The summed E-state index contributed by atoms with van der Waals surface area (Å²) in [6, 6.07) is 108. The summed E-state index contributed by atoms with van der Waals surface area (Å²) in [5, 5.41) is 4.89. The highest BCUT2D eigenvalue weighted by molar-refractivity contribution is 6.00. The van der Waals surface area contributed by atoms with Crippen LogP contribution in [0.1, 0.15) is 33.4 Å². The standard InChI is InChI=1S/C52H40N2.3C7H8/c1-38-21-29-45(30-22-38)53(51-19-9-15-43-13-5-7-17-49(43)51)47-33-25-41(26-34-47)42-27-35-48(36-28-42)54(52-20-10-16-44-14-6-8-18-50(44)52)46-31-23-40(24-32-46)37-39-11-3-2-4-12-39;3*1-7-5-3-2-4-6-7/h2-36H,37H2,1H3;3*2-6H,1H3. The maximum absolute atomic E-state index is 2.38. The van der Waals surface area contributed by atoms with Crippen molar-refractivity contribution < 1.29 is 0 Å². The molecule has 0 N–H and O–H groups in total. The SMILES string of the molecule is Cc1ccc(N(c2ccc(-c3ccc(N(c4ccc(Cc5ccccc5)cc4)c4cccc5ccccc45)cc3)cc2)c2cccc3ccccc23)cc1.Cc1ccccc1.Cc1ccccc1.Cc1ccccc1. The molecule has 0 atom stereocenters. The molecule has 0 saturated heterocycles. The van der Waals surface area contributed by atoms with Gasteiger partial charge in [-0.1, -0.05) is 265 Å². The Morgan fingerprint density at radius 3 is 0.867 bits per heavy atom. The van der Waals surface area contributed by atoms with Crippen LogP contribution in [0.5, 0.6) is 0 Å². The summed E-state index contributed by atoms with van der Waals surface area (Å²) >= 11 is 0. The molecule has 0 amide bonds. The van der Waals surface area contributed by atoms with Crippen molar-refractivity contribution in [1.82, 2.24) is 0 Å². The molecule has 0 bridgehead atoms. The van der Waals surface area contributed by atoms with Crippen LogP contribution in [-0.4, -0.2) is 0 Å². The fourth-order valence-electron chi connectivity index (χ4n) is 9.16. The highest BCUT2D eigenvalue weighted by Crippen LogP contribution is 2.42. The fourth-order valence-corrected chi connectivity index (χ4v) is 9.16. The second kappa shape index (κ2) is 25.4. The van der Waals surface area contributed by atoms with Crippen molar-refractivity contribution in [3.8, 4) is 11.1 Å². The van der Waals surface area contributed by atoms with E-state index in [0.29, 0.717) is 0 Å². The summed E-state index contributed by atoms with van der Waals surface area (Å²) in [6.07, 6.45) is 0.910. The van der Waals surface area contributed by atoms with Gasteiger partial charge in [0.25, 0.3) is 0 Å². The Kier molecular flexibility index (Phi) is 17.2. The minimum Gasteiger partial charge on any atom is -0.310 e. The van der Waals surface area contributed by atoms with Crippen molar-refractivity contribution in [3.05, 3.63) is 337 Å². The van der Waals surface area contributed by atoms with Crippen molar-refractivity contribution in [2.75, 3.05) is 9.80 Å². The lowest BCUT2D eigenvalue weighted by atomic mass is 10.0. The predicted molar refractivity (Wildman–Crippen MR) is 324 cm³/mol. The maximum Gasteiger partial charge on any atom is 0.0540 e. The second-order valence-corrected chi connectivity index (χ2v) is 18.9. The number of aryl methyl sites for hydroxylation is 4. The van der Waals surface area contributed by atoms with E-state index in [4.69, 9.17) is 0 Å². The largest absolute Gasteiger partial charge is 0.310 e. The molecule has 0 aromatic heterocycles. The number of fused-ring (bicyclic) bond motifs is 2. The average molecular weight is 969 g/mol. The third-order valence-corrected chi connectivity index (χ3v) is 13.2. The van der Waals surface area contributed by atoms with Crippen LogP contribution in [0.15, 0.2) is 303 Å². The van der Waals surface area contributed by atoms with Crippen LogP contribution in [0, 0.1) is 27.7 Å². The molecule has 0 saturated carbocycles. The fraction of sp³-hybridized carbons (Fsp3) is 0.0685. The molecule has 0 radical (unpaired) electrons. The molecule has 0 unspecified atom stereocenters. The summed E-state index contributed by atoms with van der Waals surface area (Å²) in [5.74, 6) is 0. The smallest absolute Gasteiger partial charge is 0.0540 e. The Morgan fingerprint density at radius 2 is 0.507 bits per heavy atom. The molecule has 12 rings (SSSR count). The highest BCUT2D eigenvalue weighted by atomic mass is 15.1. The van der Waals surface area contributed by atoms with Crippen molar-refractivity contribution in [2.45, 2.75) is 34.1 Å². The first-order valence-corrected chi connectivity index (χ1v) is 25.9. The van der Waals surface area contributed by atoms with Crippen LogP contribution in [0.2, 0.25) is 0 Å².